The molecule has 0 saturated carbocycles. The van der Waals surface area contributed by atoms with Crippen molar-refractivity contribution in [3.63, 3.8) is 0 Å². The van der Waals surface area contributed by atoms with Gasteiger partial charge in [-0.2, -0.15) is 4.31 Å². The van der Waals surface area contributed by atoms with Crippen LogP contribution < -0.4 is 5.32 Å². The van der Waals surface area contributed by atoms with Gasteiger partial charge in [0.05, 0.1) is 4.90 Å². The molecule has 0 spiro atoms. The molecule has 0 fully saturated rings. The normalized spacial score (nSPS) is 12.1. The molecule has 1 N–H and O–H groups in total. The number of rotatable bonds is 9. The van der Waals surface area contributed by atoms with E-state index < -0.39 is 10.0 Å². The molecule has 0 radical (unpaired) electrons. The fourth-order valence-electron chi connectivity index (χ4n) is 2.26. The maximum Gasteiger partial charge on any atom is 0.243 e. The Kier molecular flexibility index (Phi) is 7.18. The van der Waals surface area contributed by atoms with E-state index in [0.717, 1.165) is 31.5 Å². The maximum absolute atomic E-state index is 12.7. The van der Waals surface area contributed by atoms with E-state index in [2.05, 4.69) is 12.2 Å². The van der Waals surface area contributed by atoms with Crippen molar-refractivity contribution < 1.29 is 8.42 Å². The van der Waals surface area contributed by atoms with Gasteiger partial charge in [-0.3, -0.25) is 0 Å². The molecule has 21 heavy (non-hydrogen) atoms. The first kappa shape index (κ1) is 18.0. The highest BCUT2D eigenvalue weighted by molar-refractivity contribution is 7.89. The first-order valence-corrected chi connectivity index (χ1v) is 9.23. The van der Waals surface area contributed by atoms with Crippen LogP contribution in [-0.2, 0) is 10.0 Å². The zero-order valence-electron chi connectivity index (χ0n) is 13.6. The highest BCUT2D eigenvalue weighted by Gasteiger charge is 2.26. The van der Waals surface area contributed by atoms with Gasteiger partial charge in [-0.1, -0.05) is 19.8 Å². The molecule has 1 aromatic rings. The van der Waals surface area contributed by atoms with Crippen LogP contribution in [0, 0.1) is 0 Å². The van der Waals surface area contributed by atoms with E-state index in [9.17, 15) is 8.42 Å². The van der Waals surface area contributed by atoms with E-state index in [-0.39, 0.29) is 6.04 Å². The Hall–Kier alpha value is -1.07. The molecule has 5 heteroatoms. The van der Waals surface area contributed by atoms with Gasteiger partial charge in [0, 0.05) is 24.8 Å². The molecule has 0 aliphatic rings. The predicted octanol–water partition coefficient (Wildman–Crippen LogP) is 3.71. The van der Waals surface area contributed by atoms with Gasteiger partial charge in [-0.05, 0) is 51.5 Å². The first-order chi connectivity index (χ1) is 9.93. The van der Waals surface area contributed by atoms with Crippen molar-refractivity contribution in [2.24, 2.45) is 0 Å². The van der Waals surface area contributed by atoms with Crippen molar-refractivity contribution >= 4 is 15.7 Å². The van der Waals surface area contributed by atoms with Gasteiger partial charge in [-0.25, -0.2) is 8.42 Å². The zero-order valence-corrected chi connectivity index (χ0v) is 14.4. The lowest BCUT2D eigenvalue weighted by Crippen LogP contribution is -2.37. The second-order valence-corrected chi connectivity index (χ2v) is 7.36. The van der Waals surface area contributed by atoms with Crippen molar-refractivity contribution in [2.75, 3.05) is 18.4 Å². The molecule has 120 valence electrons. The van der Waals surface area contributed by atoms with Crippen molar-refractivity contribution in [1.82, 2.24) is 4.31 Å². The van der Waals surface area contributed by atoms with Crippen molar-refractivity contribution in [3.8, 4) is 0 Å². The first-order valence-electron chi connectivity index (χ1n) is 7.79. The highest BCUT2D eigenvalue weighted by atomic mass is 32.2. The Morgan fingerprint density at radius 3 is 2.19 bits per heavy atom. The summed E-state index contributed by atoms with van der Waals surface area (Å²) in [5.74, 6) is 0. The third kappa shape index (κ3) is 5.00. The molecule has 0 heterocycles. The topological polar surface area (TPSA) is 49.4 Å². The molecule has 1 rings (SSSR count). The minimum Gasteiger partial charge on any atom is -0.385 e. The lowest BCUT2D eigenvalue weighted by molar-refractivity contribution is 0.345. The van der Waals surface area contributed by atoms with E-state index in [4.69, 9.17) is 0 Å². The average molecular weight is 312 g/mol. The van der Waals surface area contributed by atoms with E-state index in [1.54, 1.807) is 16.4 Å². The SMILES string of the molecule is CCCCCN(C(C)C)S(=O)(=O)c1ccc(NCC)cc1. The molecule has 0 aliphatic carbocycles. The number of nitrogens with one attached hydrogen (secondary N) is 1. The van der Waals surface area contributed by atoms with E-state index >= 15 is 0 Å². The zero-order chi connectivity index (χ0) is 15.9. The van der Waals surface area contributed by atoms with Gasteiger partial charge < -0.3 is 5.32 Å². The third-order valence-corrected chi connectivity index (χ3v) is 5.49. The van der Waals surface area contributed by atoms with Crippen LogP contribution >= 0.6 is 0 Å². The third-order valence-electron chi connectivity index (χ3n) is 3.40. The second-order valence-electron chi connectivity index (χ2n) is 5.47. The molecule has 0 atom stereocenters. The Labute approximate surface area is 129 Å². The van der Waals surface area contributed by atoms with Gasteiger partial charge in [0.25, 0.3) is 0 Å². The smallest absolute Gasteiger partial charge is 0.243 e. The summed E-state index contributed by atoms with van der Waals surface area (Å²) in [4.78, 5) is 0.370. The van der Waals surface area contributed by atoms with Gasteiger partial charge in [-0.15, -0.1) is 0 Å². The standard InChI is InChI=1S/C16H28N2O2S/c1-5-7-8-13-18(14(3)4)21(19,20)16-11-9-15(10-12-16)17-6-2/h9-12,14,17H,5-8,13H2,1-4H3. The monoisotopic (exact) mass is 312 g/mol. The number of sulfonamides is 1. The van der Waals surface area contributed by atoms with Crippen LogP contribution in [0.4, 0.5) is 5.69 Å². The second kappa shape index (κ2) is 8.39. The maximum atomic E-state index is 12.7. The Balaban J connectivity index is 2.93. The van der Waals surface area contributed by atoms with Crippen molar-refractivity contribution in [1.29, 1.82) is 0 Å². The van der Waals surface area contributed by atoms with Crippen LogP contribution in [0.3, 0.4) is 0 Å². The largest absolute Gasteiger partial charge is 0.385 e. The van der Waals surface area contributed by atoms with Gasteiger partial charge in [0.1, 0.15) is 0 Å². The lowest BCUT2D eigenvalue weighted by Gasteiger charge is -2.26. The number of hydrogen-bond donors (Lipinski definition) is 1. The molecule has 1 aromatic carbocycles. The van der Waals surface area contributed by atoms with Gasteiger partial charge in [0.2, 0.25) is 10.0 Å². The van der Waals surface area contributed by atoms with E-state index in [0.29, 0.717) is 11.4 Å². The molecule has 0 amide bonds. The highest BCUT2D eigenvalue weighted by Crippen LogP contribution is 2.21. The molecule has 0 bridgehead atoms. The lowest BCUT2D eigenvalue weighted by atomic mass is 10.2. The Bertz CT molecular complexity index is 510. The van der Waals surface area contributed by atoms with E-state index in [1.165, 1.54) is 0 Å². The Morgan fingerprint density at radius 1 is 1.10 bits per heavy atom. The molecule has 4 nitrogen and oxygen atoms in total. The fraction of sp³-hybridized carbons (Fsp3) is 0.625. The molecular weight excluding hydrogens is 284 g/mol. The van der Waals surface area contributed by atoms with Crippen LogP contribution in [0.15, 0.2) is 29.2 Å². The van der Waals surface area contributed by atoms with Crippen LogP contribution in [0.25, 0.3) is 0 Å². The number of anilines is 1. The number of benzene rings is 1. The molecule has 0 aliphatic heterocycles. The summed E-state index contributed by atoms with van der Waals surface area (Å²) in [7, 11) is -3.41. The van der Waals surface area contributed by atoms with Gasteiger partial charge >= 0.3 is 0 Å². The van der Waals surface area contributed by atoms with Gasteiger partial charge in [0.15, 0.2) is 0 Å². The number of unbranched alkanes of at least 4 members (excludes halogenated alkanes) is 2. The minimum atomic E-state index is -3.41. The molecule has 0 unspecified atom stereocenters. The number of hydrogen-bond acceptors (Lipinski definition) is 3. The van der Waals surface area contributed by atoms with Crippen LogP contribution in [0.1, 0.15) is 47.0 Å². The summed E-state index contributed by atoms with van der Waals surface area (Å²) in [5.41, 5.74) is 0.943. The van der Waals surface area contributed by atoms with Crippen LogP contribution in [0.2, 0.25) is 0 Å². The summed E-state index contributed by atoms with van der Waals surface area (Å²) in [5, 5.41) is 3.17. The van der Waals surface area contributed by atoms with E-state index in [1.807, 2.05) is 32.9 Å². The summed E-state index contributed by atoms with van der Waals surface area (Å²) in [6.07, 6.45) is 3.05. The average Bonchev–Trinajstić information content (AvgIpc) is 2.44. The van der Waals surface area contributed by atoms with Crippen molar-refractivity contribution in [2.45, 2.75) is 57.9 Å². The molecule has 0 aromatic heterocycles. The summed E-state index contributed by atoms with van der Waals surface area (Å²) in [6.45, 7) is 9.39. The number of nitrogens with zero attached hydrogens (tertiary/aromatic N) is 1. The quantitative estimate of drug-likeness (QED) is 0.707. The predicted molar refractivity (Wildman–Crippen MR) is 89.2 cm³/mol. The molecule has 0 saturated heterocycles. The summed E-state index contributed by atoms with van der Waals surface area (Å²) < 4.78 is 27.1. The summed E-state index contributed by atoms with van der Waals surface area (Å²) >= 11 is 0. The fourth-order valence-corrected chi connectivity index (χ4v) is 3.93. The summed E-state index contributed by atoms with van der Waals surface area (Å²) in [6, 6.07) is 6.98. The minimum absolute atomic E-state index is 0.0275. The van der Waals surface area contributed by atoms with Crippen molar-refractivity contribution in [3.05, 3.63) is 24.3 Å². The Morgan fingerprint density at radius 2 is 1.71 bits per heavy atom. The van der Waals surface area contributed by atoms with Crippen LogP contribution in [-0.4, -0.2) is 31.9 Å². The van der Waals surface area contributed by atoms with Crippen LogP contribution in [0.5, 0.6) is 0 Å². The molecular formula is C16H28N2O2S.